The van der Waals surface area contributed by atoms with Gasteiger partial charge in [0.15, 0.2) is 5.65 Å². The Morgan fingerprint density at radius 3 is 2.70 bits per heavy atom. The minimum atomic E-state index is -5.12. The number of carbonyl (C=O) groups is 2. The van der Waals surface area contributed by atoms with Crippen molar-refractivity contribution in [2.75, 3.05) is 31.1 Å². The largest absolute Gasteiger partial charge is 0.490 e. The molecule has 2 fully saturated rings. The maximum absolute atomic E-state index is 14.8. The quantitative estimate of drug-likeness (QED) is 0.250. The molecular weight excluding hydrogens is 608 g/mol. The van der Waals surface area contributed by atoms with Gasteiger partial charge in [0.1, 0.15) is 17.2 Å². The van der Waals surface area contributed by atoms with Crippen molar-refractivity contribution in [1.82, 2.24) is 24.6 Å². The summed E-state index contributed by atoms with van der Waals surface area (Å²) in [6.07, 6.45) is -0.953. The minimum Gasteiger partial charge on any atom is -0.481 e. The average molecular weight is 641 g/mol. The number of fused-ring (bicyclic) bond motifs is 1. The van der Waals surface area contributed by atoms with Gasteiger partial charge in [0.2, 0.25) is 0 Å². The molecule has 1 unspecified atom stereocenters. The second-order valence-corrected chi connectivity index (χ2v) is 11.8. The number of rotatable bonds is 9. The Labute approximate surface area is 255 Å². The molecular formula is C29H33ClF4N6O4. The van der Waals surface area contributed by atoms with E-state index in [1.54, 1.807) is 36.9 Å². The molecule has 2 saturated heterocycles. The fraction of sp³-hybridized carbons (Fsp3) is 0.552. The number of aliphatic carboxylic acids is 1. The average Bonchev–Trinajstić information content (AvgIpc) is 3.57. The fourth-order valence-corrected chi connectivity index (χ4v) is 6.58. The molecule has 2 aliphatic heterocycles. The number of aryl methyl sites for hydroxylation is 1. The van der Waals surface area contributed by atoms with E-state index in [-0.39, 0.29) is 30.1 Å². The van der Waals surface area contributed by atoms with Gasteiger partial charge in [-0.15, -0.1) is 0 Å². The van der Waals surface area contributed by atoms with Crippen LogP contribution >= 0.6 is 11.6 Å². The van der Waals surface area contributed by atoms with E-state index in [9.17, 15) is 32.3 Å². The van der Waals surface area contributed by atoms with Crippen LogP contribution in [0.3, 0.4) is 0 Å². The summed E-state index contributed by atoms with van der Waals surface area (Å²) in [7, 11) is 0. The summed E-state index contributed by atoms with van der Waals surface area (Å²) < 4.78 is 60.1. The number of aromatic nitrogens is 4. The normalized spacial score (nSPS) is 22.0. The van der Waals surface area contributed by atoms with Gasteiger partial charge in [0.25, 0.3) is 0 Å². The Balaban J connectivity index is 1.42. The molecule has 2 aromatic heterocycles. The van der Waals surface area contributed by atoms with Crippen molar-refractivity contribution in [3.05, 3.63) is 46.5 Å². The number of likely N-dealkylation sites (tertiary alicyclic amines) is 1. The Kier molecular flexibility index (Phi) is 9.30. The SMILES string of the molecule is Cc1nn([C@H](C)c2ccc(Cl)cc2F)c2nc(N3CCC(N4CCC[C@H]4CCC(=O)O)[C@H](COC(=O)C(F)(F)F)C3)cnc12. The van der Waals surface area contributed by atoms with Crippen LogP contribution in [0.2, 0.25) is 5.02 Å². The number of ether oxygens (including phenoxy) is 1. The highest BCUT2D eigenvalue weighted by atomic mass is 35.5. The van der Waals surface area contributed by atoms with Gasteiger partial charge in [-0.25, -0.2) is 23.8 Å². The third-order valence-corrected chi connectivity index (χ3v) is 8.79. The Hall–Kier alpha value is -3.52. The number of halogens is 5. The van der Waals surface area contributed by atoms with Crippen molar-refractivity contribution in [3.8, 4) is 0 Å². The first-order valence-corrected chi connectivity index (χ1v) is 14.8. The van der Waals surface area contributed by atoms with E-state index in [2.05, 4.69) is 15.0 Å². The summed E-state index contributed by atoms with van der Waals surface area (Å²) in [5.74, 6) is -3.69. The van der Waals surface area contributed by atoms with Crippen molar-refractivity contribution >= 4 is 40.5 Å². The zero-order valence-corrected chi connectivity index (χ0v) is 25.0. The second kappa shape index (κ2) is 12.8. The summed E-state index contributed by atoms with van der Waals surface area (Å²) in [6.45, 7) is 4.49. The lowest BCUT2D eigenvalue weighted by Crippen LogP contribution is -2.54. The van der Waals surface area contributed by atoms with Crippen LogP contribution in [-0.2, 0) is 14.3 Å². The molecule has 44 heavy (non-hydrogen) atoms. The van der Waals surface area contributed by atoms with Gasteiger partial charge in [0.05, 0.1) is 24.5 Å². The summed E-state index contributed by atoms with van der Waals surface area (Å²) in [5, 5.41) is 14.0. The third kappa shape index (κ3) is 6.75. The van der Waals surface area contributed by atoms with E-state index in [4.69, 9.17) is 21.3 Å². The summed E-state index contributed by atoms with van der Waals surface area (Å²) >= 11 is 5.94. The molecule has 0 aliphatic carbocycles. The molecule has 4 atom stereocenters. The van der Waals surface area contributed by atoms with Crippen LogP contribution in [0.5, 0.6) is 0 Å². The molecule has 0 spiro atoms. The highest BCUT2D eigenvalue weighted by Crippen LogP contribution is 2.34. The summed E-state index contributed by atoms with van der Waals surface area (Å²) in [5.41, 5.74) is 1.90. The Morgan fingerprint density at radius 1 is 1.23 bits per heavy atom. The predicted molar refractivity (Wildman–Crippen MR) is 153 cm³/mol. The van der Waals surface area contributed by atoms with Crippen molar-refractivity contribution in [1.29, 1.82) is 0 Å². The van der Waals surface area contributed by atoms with E-state index in [1.807, 2.05) is 4.90 Å². The summed E-state index contributed by atoms with van der Waals surface area (Å²) in [4.78, 5) is 36.3. The van der Waals surface area contributed by atoms with Gasteiger partial charge >= 0.3 is 18.1 Å². The van der Waals surface area contributed by atoms with Crippen LogP contribution < -0.4 is 4.90 Å². The van der Waals surface area contributed by atoms with Crippen LogP contribution in [0.25, 0.3) is 11.2 Å². The zero-order valence-electron chi connectivity index (χ0n) is 24.2. The zero-order chi connectivity index (χ0) is 31.8. The number of carboxylic acid groups (broad SMARTS) is 1. The maximum Gasteiger partial charge on any atom is 0.490 e. The maximum atomic E-state index is 14.8. The standard InChI is InChI=1S/C29H33ClF4N6O4/c1-16-26-27(40(37-16)17(2)21-7-5-19(30)12-22(21)31)36-24(13-35-26)38-11-9-23(18(14-38)15-44-28(43)29(32,33)34)39-10-3-4-20(39)6-8-25(41)42/h5,7,12-13,17-18,20,23H,3-4,6,8-11,14-15H2,1-2H3,(H,41,42)/t17-,18+,20+,23?/m1/s1. The number of hydrogen-bond donors (Lipinski definition) is 1. The number of hydrogen-bond acceptors (Lipinski definition) is 8. The number of esters is 1. The van der Waals surface area contributed by atoms with Gasteiger partial charge in [-0.2, -0.15) is 18.3 Å². The van der Waals surface area contributed by atoms with Gasteiger partial charge in [-0.05, 0) is 58.2 Å². The molecule has 1 N–H and O–H groups in total. The number of anilines is 1. The van der Waals surface area contributed by atoms with Crippen LogP contribution in [0.4, 0.5) is 23.4 Å². The Bertz CT molecular complexity index is 1540. The van der Waals surface area contributed by atoms with Gasteiger partial charge in [0, 0.05) is 48.1 Å². The number of nitrogens with zero attached hydrogens (tertiary/aromatic N) is 6. The molecule has 0 bridgehead atoms. The molecule has 4 heterocycles. The van der Waals surface area contributed by atoms with Crippen molar-refractivity contribution < 1.29 is 37.0 Å². The molecule has 0 radical (unpaired) electrons. The molecule has 1 aromatic carbocycles. The fourth-order valence-electron chi connectivity index (χ4n) is 6.42. The first-order chi connectivity index (χ1) is 20.8. The second-order valence-electron chi connectivity index (χ2n) is 11.4. The van der Waals surface area contributed by atoms with E-state index in [0.29, 0.717) is 54.2 Å². The molecule has 2 aliphatic rings. The van der Waals surface area contributed by atoms with Crippen LogP contribution in [0, 0.1) is 18.7 Å². The molecule has 10 nitrogen and oxygen atoms in total. The molecule has 3 aromatic rings. The lowest BCUT2D eigenvalue weighted by atomic mass is 9.90. The monoisotopic (exact) mass is 640 g/mol. The first-order valence-electron chi connectivity index (χ1n) is 14.5. The van der Waals surface area contributed by atoms with Gasteiger partial charge < -0.3 is 14.7 Å². The number of benzene rings is 1. The van der Waals surface area contributed by atoms with E-state index < -0.39 is 42.5 Å². The predicted octanol–water partition coefficient (Wildman–Crippen LogP) is 5.17. The molecule has 5 rings (SSSR count). The van der Waals surface area contributed by atoms with Gasteiger partial charge in [-0.3, -0.25) is 9.69 Å². The van der Waals surface area contributed by atoms with E-state index in [0.717, 1.165) is 12.8 Å². The number of piperidine rings is 1. The molecule has 0 amide bonds. The van der Waals surface area contributed by atoms with E-state index >= 15 is 0 Å². The smallest absolute Gasteiger partial charge is 0.481 e. The number of alkyl halides is 3. The lowest BCUT2D eigenvalue weighted by Gasteiger charge is -2.44. The molecule has 15 heteroatoms. The van der Waals surface area contributed by atoms with Gasteiger partial charge in [-0.1, -0.05) is 17.7 Å². The molecule has 238 valence electrons. The lowest BCUT2D eigenvalue weighted by molar-refractivity contribution is -0.201. The minimum absolute atomic E-state index is 0.00518. The number of carboxylic acids is 1. The van der Waals surface area contributed by atoms with Crippen molar-refractivity contribution in [3.63, 3.8) is 0 Å². The summed E-state index contributed by atoms with van der Waals surface area (Å²) in [6, 6.07) is 3.62. The Morgan fingerprint density at radius 2 is 2.00 bits per heavy atom. The highest BCUT2D eigenvalue weighted by molar-refractivity contribution is 6.30. The van der Waals surface area contributed by atoms with Crippen molar-refractivity contribution in [2.24, 2.45) is 5.92 Å². The van der Waals surface area contributed by atoms with Crippen LogP contribution in [-0.4, -0.2) is 86.2 Å². The third-order valence-electron chi connectivity index (χ3n) is 8.56. The van der Waals surface area contributed by atoms with Crippen molar-refractivity contribution in [2.45, 2.75) is 70.3 Å². The van der Waals surface area contributed by atoms with Crippen LogP contribution in [0.1, 0.15) is 56.3 Å². The van der Waals surface area contributed by atoms with E-state index in [1.165, 1.54) is 6.07 Å². The highest BCUT2D eigenvalue weighted by Gasteiger charge is 2.44. The first kappa shape index (κ1) is 31.9. The topological polar surface area (TPSA) is 114 Å². The number of carbonyl (C=O) groups excluding carboxylic acids is 1. The van der Waals surface area contributed by atoms with Crippen LogP contribution in [0.15, 0.2) is 24.4 Å². The molecule has 0 saturated carbocycles.